The Balaban J connectivity index is 0.000000221. The van der Waals surface area contributed by atoms with Crippen molar-refractivity contribution in [2.75, 3.05) is 28.2 Å². The van der Waals surface area contributed by atoms with Crippen LogP contribution in [-0.2, 0) is 0 Å². The molecule has 162 valence electrons. The quantitative estimate of drug-likeness (QED) is 0.175. The molecule has 0 atom stereocenters. The lowest BCUT2D eigenvalue weighted by Crippen LogP contribution is -2.52. The third kappa shape index (κ3) is 5.28. The number of para-hydroxylation sites is 2. The Labute approximate surface area is 200 Å². The Bertz CT molecular complexity index is 813. The van der Waals surface area contributed by atoms with Crippen molar-refractivity contribution in [2.45, 2.75) is 32.3 Å². The average Bonchev–Trinajstić information content (AvgIpc) is 3.00. The molecule has 0 radical (unpaired) electrons. The van der Waals surface area contributed by atoms with Crippen LogP contribution >= 0.6 is 69.6 Å². The highest BCUT2D eigenvalue weighted by Crippen LogP contribution is 2.39. The number of hydrogen-bond acceptors (Lipinski definition) is 2. The van der Waals surface area contributed by atoms with E-state index in [9.17, 15) is 5.21 Å². The van der Waals surface area contributed by atoms with Gasteiger partial charge in [0.15, 0.2) is 11.0 Å². The highest BCUT2D eigenvalue weighted by Gasteiger charge is 2.46. The predicted octanol–water partition coefficient (Wildman–Crippen LogP) is 3.35. The molecule has 6 nitrogen and oxygen atoms in total. The molecular weight excluding hydrogens is 503 g/mol. The maximum absolute atomic E-state index is 11.7. The topological polar surface area (TPSA) is 51.0 Å². The van der Waals surface area contributed by atoms with Gasteiger partial charge in [-0.05, 0) is 12.1 Å². The first-order valence-corrected chi connectivity index (χ1v) is 11.2. The molecule has 1 aliphatic carbocycles. The smallest absolute Gasteiger partial charge is 0.382 e. The molecule has 1 heterocycles. The number of benzene rings is 1. The minimum atomic E-state index is -0.437. The van der Waals surface area contributed by atoms with Crippen molar-refractivity contribution in [1.82, 2.24) is 14.8 Å². The number of aromatic nitrogens is 3. The summed E-state index contributed by atoms with van der Waals surface area (Å²) in [6.07, 6.45) is 0. The highest BCUT2D eigenvalue weighted by atomic mass is 35.5. The molecule has 0 saturated heterocycles. The zero-order valence-corrected chi connectivity index (χ0v) is 20.7. The Kier molecular flexibility index (Phi) is 8.84. The fraction of sp³-hybridized carbons (Fsp3) is 0.588. The molecule has 0 aliphatic heterocycles. The summed E-state index contributed by atoms with van der Waals surface area (Å²) < 4.78 is 3.56. The van der Waals surface area contributed by atoms with E-state index in [0.717, 1.165) is 11.5 Å². The van der Waals surface area contributed by atoms with Crippen LogP contribution in [0, 0.1) is 5.21 Å². The standard InChI is InChI=1S/C11H16N5O.C6H6Cl6/c1-13(2)11(14(3)4)15-9-7-5-6-8-10(9)16(17)12-15;7-1-2(8)4(10)6(12)5(11)3(1)9/h5-8H,1-4H3;1-6H/q+1;. The molecule has 1 aromatic heterocycles. The van der Waals surface area contributed by atoms with Gasteiger partial charge in [0.1, 0.15) is 0 Å². The molecule has 2 aromatic rings. The number of halogens is 6. The van der Waals surface area contributed by atoms with E-state index >= 15 is 0 Å². The van der Waals surface area contributed by atoms with Crippen molar-refractivity contribution in [2.24, 2.45) is 0 Å². The van der Waals surface area contributed by atoms with Crippen LogP contribution in [0.2, 0.25) is 0 Å². The van der Waals surface area contributed by atoms with E-state index in [1.807, 2.05) is 55.9 Å². The van der Waals surface area contributed by atoms with Gasteiger partial charge < -0.3 is 5.21 Å². The highest BCUT2D eigenvalue weighted by molar-refractivity contribution is 6.45. The lowest BCUT2D eigenvalue weighted by Gasteiger charge is -2.37. The summed E-state index contributed by atoms with van der Waals surface area (Å²) in [5, 5.41) is 13.1. The van der Waals surface area contributed by atoms with E-state index in [4.69, 9.17) is 69.6 Å². The Morgan fingerprint density at radius 3 is 1.72 bits per heavy atom. The third-order valence-corrected chi connectivity index (χ3v) is 8.33. The first-order valence-electron chi connectivity index (χ1n) is 8.63. The molecule has 0 amide bonds. The summed E-state index contributed by atoms with van der Waals surface area (Å²) in [7, 11) is 7.67. The Morgan fingerprint density at radius 2 is 1.34 bits per heavy atom. The number of alkyl halides is 6. The van der Waals surface area contributed by atoms with Crippen LogP contribution in [0.5, 0.6) is 0 Å². The minimum Gasteiger partial charge on any atom is -0.691 e. The molecule has 0 unspecified atom stereocenters. The van der Waals surface area contributed by atoms with E-state index in [-0.39, 0.29) is 0 Å². The molecule has 1 aromatic carbocycles. The predicted molar refractivity (Wildman–Crippen MR) is 123 cm³/mol. The van der Waals surface area contributed by atoms with Gasteiger partial charge in [0.25, 0.3) is 0 Å². The monoisotopic (exact) mass is 522 g/mol. The second kappa shape index (κ2) is 10.3. The molecular formula is C17H22Cl6N5O+. The van der Waals surface area contributed by atoms with E-state index in [2.05, 4.69) is 5.21 Å². The van der Waals surface area contributed by atoms with Crippen molar-refractivity contribution in [3.8, 4) is 0 Å². The van der Waals surface area contributed by atoms with Gasteiger partial charge in [-0.2, -0.15) is 0 Å². The zero-order chi connectivity index (χ0) is 22.0. The summed E-state index contributed by atoms with van der Waals surface area (Å²) in [5.74, 6) is 0.829. The number of rotatable bonds is 0. The van der Waals surface area contributed by atoms with Crippen molar-refractivity contribution in [1.29, 1.82) is 0 Å². The third-order valence-electron chi connectivity index (χ3n) is 4.30. The second-order valence-corrected chi connectivity index (χ2v) is 9.94. The van der Waals surface area contributed by atoms with Gasteiger partial charge in [0, 0.05) is 0 Å². The van der Waals surface area contributed by atoms with E-state index in [1.54, 1.807) is 10.7 Å². The lowest BCUT2D eigenvalue weighted by molar-refractivity contribution is -0.645. The van der Waals surface area contributed by atoms with Gasteiger partial charge in [0.2, 0.25) is 0 Å². The molecule has 12 heteroatoms. The normalized spacial score (nSPS) is 29.2. The molecule has 1 saturated carbocycles. The van der Waals surface area contributed by atoms with Crippen LogP contribution in [0.4, 0.5) is 0 Å². The molecule has 1 aliphatic rings. The van der Waals surface area contributed by atoms with Crippen LogP contribution in [-0.4, -0.2) is 85.8 Å². The molecule has 3 rings (SSSR count). The van der Waals surface area contributed by atoms with Gasteiger partial charge in [-0.1, -0.05) is 16.8 Å². The number of fused-ring (bicyclic) bond motifs is 1. The summed E-state index contributed by atoms with van der Waals surface area (Å²) >= 11 is 35.3. The summed E-state index contributed by atoms with van der Waals surface area (Å²) in [6.45, 7) is 0. The van der Waals surface area contributed by atoms with Crippen LogP contribution in [0.3, 0.4) is 0 Å². The van der Waals surface area contributed by atoms with Crippen LogP contribution in [0.25, 0.3) is 11.0 Å². The Morgan fingerprint density at radius 1 is 0.931 bits per heavy atom. The van der Waals surface area contributed by atoms with Gasteiger partial charge in [-0.15, -0.1) is 74.5 Å². The van der Waals surface area contributed by atoms with E-state index < -0.39 is 32.3 Å². The Hall–Kier alpha value is -0.370. The second-order valence-electron chi connectivity index (χ2n) is 6.92. The van der Waals surface area contributed by atoms with Crippen LogP contribution < -0.4 is 4.85 Å². The zero-order valence-electron chi connectivity index (χ0n) is 16.2. The molecule has 29 heavy (non-hydrogen) atoms. The maximum Gasteiger partial charge on any atom is 0.382 e. The van der Waals surface area contributed by atoms with E-state index in [0.29, 0.717) is 10.4 Å². The largest absolute Gasteiger partial charge is 0.691 e. The van der Waals surface area contributed by atoms with Gasteiger partial charge in [0.05, 0.1) is 65.7 Å². The fourth-order valence-electron chi connectivity index (χ4n) is 2.96. The first-order chi connectivity index (χ1) is 13.5. The summed E-state index contributed by atoms with van der Waals surface area (Å²) in [4.78, 5) is 2.56. The average molecular weight is 525 g/mol. The van der Waals surface area contributed by atoms with Crippen molar-refractivity contribution >= 4 is 86.6 Å². The van der Waals surface area contributed by atoms with Gasteiger partial charge in [-0.3, -0.25) is 9.48 Å². The van der Waals surface area contributed by atoms with Crippen molar-refractivity contribution in [3.05, 3.63) is 29.5 Å². The van der Waals surface area contributed by atoms with Crippen LogP contribution in [0.15, 0.2) is 24.3 Å². The first kappa shape index (κ1) is 24.9. The molecule has 0 bridgehead atoms. The van der Waals surface area contributed by atoms with Crippen molar-refractivity contribution < 1.29 is 9.42 Å². The van der Waals surface area contributed by atoms with Gasteiger partial charge in [-0.25, -0.2) is 0 Å². The van der Waals surface area contributed by atoms with E-state index in [1.165, 1.54) is 0 Å². The number of hydrogen-bond donors (Lipinski definition) is 0. The maximum atomic E-state index is 11.7. The fourth-order valence-corrected chi connectivity index (χ4v) is 5.29. The summed E-state index contributed by atoms with van der Waals surface area (Å²) in [5.41, 5.74) is 1.36. The molecule has 1 fully saturated rings. The lowest BCUT2D eigenvalue weighted by atomic mass is 9.97. The molecule has 0 N–H and O–H groups in total. The SMILES string of the molecule is CN(C)C(n1n[n+]([O-])c2ccccc21)=[N+](C)C.ClC1C(Cl)C(Cl)C(Cl)C(Cl)C1Cl. The van der Waals surface area contributed by atoms with Gasteiger partial charge >= 0.3 is 5.96 Å². The minimum absolute atomic E-state index is 0.437. The van der Waals surface area contributed by atoms with Crippen molar-refractivity contribution in [3.63, 3.8) is 0 Å². The van der Waals surface area contributed by atoms with Crippen LogP contribution in [0.1, 0.15) is 0 Å². The number of nitrogens with zero attached hydrogens (tertiary/aromatic N) is 5. The molecule has 0 spiro atoms. The summed E-state index contributed by atoms with van der Waals surface area (Å²) in [6, 6.07) is 7.36.